The van der Waals surface area contributed by atoms with Crippen molar-refractivity contribution in [3.63, 3.8) is 0 Å². The van der Waals surface area contributed by atoms with Crippen molar-refractivity contribution >= 4 is 17.3 Å². The van der Waals surface area contributed by atoms with Gasteiger partial charge in [0, 0.05) is 11.8 Å². The van der Waals surface area contributed by atoms with Crippen molar-refractivity contribution in [1.29, 1.82) is 0 Å². The molecule has 0 aliphatic carbocycles. The van der Waals surface area contributed by atoms with Crippen LogP contribution in [0.3, 0.4) is 0 Å². The normalized spacial score (nSPS) is 11.5. The van der Waals surface area contributed by atoms with Crippen molar-refractivity contribution in [2.75, 3.05) is 5.73 Å². The highest BCUT2D eigenvalue weighted by Crippen LogP contribution is 2.34. The van der Waals surface area contributed by atoms with Gasteiger partial charge in [0.2, 0.25) is 0 Å². The molecule has 0 saturated carbocycles. The molecule has 0 aromatic heterocycles. The van der Waals surface area contributed by atoms with E-state index in [4.69, 9.17) is 17.3 Å². The molecule has 0 spiro atoms. The summed E-state index contributed by atoms with van der Waals surface area (Å²) in [7, 11) is 0. The fourth-order valence-electron chi connectivity index (χ4n) is 0.963. The molecule has 0 heterocycles. The van der Waals surface area contributed by atoms with Crippen LogP contribution in [-0.2, 0) is 0 Å². The molecule has 0 radical (unpaired) electrons. The Morgan fingerprint density at radius 1 is 1.36 bits per heavy atom. The van der Waals surface area contributed by atoms with Gasteiger partial charge in [-0.3, -0.25) is 0 Å². The first-order valence-electron chi connectivity index (χ1n) is 3.61. The molecule has 0 aliphatic heterocycles. The van der Waals surface area contributed by atoms with Crippen molar-refractivity contribution < 1.29 is 17.9 Å². The highest BCUT2D eigenvalue weighted by atomic mass is 35.5. The Hall–Kier alpha value is -1.10. The van der Waals surface area contributed by atoms with Crippen LogP contribution in [0, 0.1) is 6.92 Å². The lowest BCUT2D eigenvalue weighted by Gasteiger charge is -2.12. The smallest absolute Gasteiger partial charge is 0.404 e. The Morgan fingerprint density at radius 2 is 1.93 bits per heavy atom. The van der Waals surface area contributed by atoms with E-state index >= 15 is 0 Å². The van der Waals surface area contributed by atoms with Crippen LogP contribution < -0.4 is 10.5 Å². The van der Waals surface area contributed by atoms with Gasteiger partial charge in [-0.2, -0.15) is 0 Å². The fourth-order valence-corrected chi connectivity index (χ4v) is 1.11. The van der Waals surface area contributed by atoms with Gasteiger partial charge in [0.25, 0.3) is 0 Å². The summed E-state index contributed by atoms with van der Waals surface area (Å²) in [6, 6.07) is 2.49. The summed E-state index contributed by atoms with van der Waals surface area (Å²) in [6.07, 6.45) is -4.76. The number of nitrogen functional groups attached to an aromatic ring is 1. The molecule has 2 nitrogen and oxygen atoms in total. The number of nitrogens with two attached hydrogens (primary N) is 1. The topological polar surface area (TPSA) is 35.2 Å². The van der Waals surface area contributed by atoms with Gasteiger partial charge in [0.1, 0.15) is 5.75 Å². The molecular formula is C8H7ClF3NO. The summed E-state index contributed by atoms with van der Waals surface area (Å²) < 4.78 is 39.3. The molecule has 1 aromatic carbocycles. The number of benzene rings is 1. The van der Waals surface area contributed by atoms with Crippen molar-refractivity contribution in [1.82, 2.24) is 0 Å². The molecule has 1 rings (SSSR count). The minimum atomic E-state index is -4.76. The van der Waals surface area contributed by atoms with Crippen molar-refractivity contribution in [2.24, 2.45) is 0 Å². The van der Waals surface area contributed by atoms with Gasteiger partial charge in [0.05, 0.1) is 5.02 Å². The zero-order valence-corrected chi connectivity index (χ0v) is 7.91. The quantitative estimate of drug-likeness (QED) is 0.746. The Bertz CT molecular complexity index is 351. The van der Waals surface area contributed by atoms with Gasteiger partial charge in [-0.1, -0.05) is 11.6 Å². The number of aryl methyl sites for hydroxylation is 1. The Morgan fingerprint density at radius 3 is 2.43 bits per heavy atom. The first-order valence-corrected chi connectivity index (χ1v) is 3.99. The average molecular weight is 226 g/mol. The highest BCUT2D eigenvalue weighted by Gasteiger charge is 2.32. The highest BCUT2D eigenvalue weighted by molar-refractivity contribution is 6.32. The maximum Gasteiger partial charge on any atom is 0.573 e. The number of rotatable bonds is 1. The number of anilines is 1. The van der Waals surface area contributed by atoms with Gasteiger partial charge in [-0.05, 0) is 18.6 Å². The number of alkyl halides is 3. The standard InChI is InChI=1S/C8H7ClF3NO/c1-4-2-5(13)3-6(7(4)9)14-8(10,11)12/h2-3H,13H2,1H3. The Balaban J connectivity index is 3.09. The molecule has 0 atom stereocenters. The first-order chi connectivity index (χ1) is 6.29. The second-order valence-corrected chi connectivity index (χ2v) is 3.08. The molecule has 14 heavy (non-hydrogen) atoms. The number of halogens is 4. The van der Waals surface area contributed by atoms with E-state index in [0.29, 0.717) is 5.56 Å². The van der Waals surface area contributed by atoms with E-state index in [1.807, 2.05) is 0 Å². The minimum absolute atomic E-state index is 0.0866. The van der Waals surface area contributed by atoms with Crippen molar-refractivity contribution in [3.8, 4) is 5.75 Å². The Labute approximate surface area is 83.4 Å². The van der Waals surface area contributed by atoms with E-state index in [0.717, 1.165) is 6.07 Å². The third-order valence-electron chi connectivity index (χ3n) is 1.47. The van der Waals surface area contributed by atoms with Crippen LogP contribution in [0.25, 0.3) is 0 Å². The zero-order valence-electron chi connectivity index (χ0n) is 7.15. The molecule has 78 valence electrons. The summed E-state index contributed by atoms with van der Waals surface area (Å²) in [5.41, 5.74) is 5.95. The molecule has 2 N–H and O–H groups in total. The van der Waals surface area contributed by atoms with E-state index in [2.05, 4.69) is 4.74 Å². The van der Waals surface area contributed by atoms with Crippen LogP contribution in [0.1, 0.15) is 5.56 Å². The summed E-state index contributed by atoms with van der Waals surface area (Å²) in [6.45, 7) is 1.54. The second kappa shape index (κ2) is 3.57. The summed E-state index contributed by atoms with van der Waals surface area (Å²) >= 11 is 5.59. The SMILES string of the molecule is Cc1cc(N)cc(OC(F)(F)F)c1Cl. The van der Waals surface area contributed by atoms with E-state index in [1.165, 1.54) is 6.07 Å². The molecule has 0 aliphatic rings. The molecule has 0 unspecified atom stereocenters. The predicted octanol–water partition coefficient (Wildman–Crippen LogP) is 3.13. The van der Waals surface area contributed by atoms with Crippen LogP contribution in [0.15, 0.2) is 12.1 Å². The molecule has 1 aromatic rings. The second-order valence-electron chi connectivity index (χ2n) is 2.70. The monoisotopic (exact) mass is 225 g/mol. The largest absolute Gasteiger partial charge is 0.573 e. The molecule has 0 fully saturated rings. The van der Waals surface area contributed by atoms with Crippen LogP contribution in [0.4, 0.5) is 18.9 Å². The van der Waals surface area contributed by atoms with Crippen LogP contribution >= 0.6 is 11.6 Å². The summed E-state index contributed by atoms with van der Waals surface area (Å²) in [5.74, 6) is -0.475. The molecule has 0 amide bonds. The molecule has 0 bridgehead atoms. The predicted molar refractivity (Wildman–Crippen MR) is 47.3 cm³/mol. The fraction of sp³-hybridized carbons (Fsp3) is 0.250. The van der Waals surface area contributed by atoms with Crippen LogP contribution in [0.5, 0.6) is 5.75 Å². The van der Waals surface area contributed by atoms with Crippen LogP contribution in [-0.4, -0.2) is 6.36 Å². The van der Waals surface area contributed by atoms with Crippen LogP contribution in [0.2, 0.25) is 5.02 Å². The summed E-state index contributed by atoms with van der Waals surface area (Å²) in [5, 5.41) is -0.0866. The third-order valence-corrected chi connectivity index (χ3v) is 1.95. The zero-order chi connectivity index (χ0) is 10.9. The lowest BCUT2D eigenvalue weighted by Crippen LogP contribution is -2.17. The first kappa shape index (κ1) is 11.0. The van der Waals surface area contributed by atoms with Crippen molar-refractivity contribution in [3.05, 3.63) is 22.7 Å². The Kier molecular flexibility index (Phi) is 2.80. The maximum absolute atomic E-state index is 11.9. The number of hydrogen-bond donors (Lipinski definition) is 1. The van der Waals surface area contributed by atoms with Gasteiger partial charge < -0.3 is 10.5 Å². The molecule has 6 heteroatoms. The molecule has 0 saturated heterocycles. The average Bonchev–Trinajstić information content (AvgIpc) is 1.96. The maximum atomic E-state index is 11.9. The summed E-state index contributed by atoms with van der Waals surface area (Å²) in [4.78, 5) is 0. The van der Waals surface area contributed by atoms with E-state index in [9.17, 15) is 13.2 Å². The lowest BCUT2D eigenvalue weighted by molar-refractivity contribution is -0.274. The van der Waals surface area contributed by atoms with E-state index in [-0.39, 0.29) is 10.7 Å². The van der Waals surface area contributed by atoms with E-state index in [1.54, 1.807) is 6.92 Å². The van der Waals surface area contributed by atoms with Gasteiger partial charge >= 0.3 is 6.36 Å². The van der Waals surface area contributed by atoms with E-state index < -0.39 is 12.1 Å². The van der Waals surface area contributed by atoms with Gasteiger partial charge in [0.15, 0.2) is 0 Å². The molecular weight excluding hydrogens is 219 g/mol. The number of hydrogen-bond acceptors (Lipinski definition) is 2. The third kappa shape index (κ3) is 2.70. The number of ether oxygens (including phenoxy) is 1. The lowest BCUT2D eigenvalue weighted by atomic mass is 10.2. The van der Waals surface area contributed by atoms with Gasteiger partial charge in [-0.15, -0.1) is 13.2 Å². The minimum Gasteiger partial charge on any atom is -0.404 e. The van der Waals surface area contributed by atoms with Gasteiger partial charge in [-0.25, -0.2) is 0 Å². The van der Waals surface area contributed by atoms with Crippen molar-refractivity contribution in [2.45, 2.75) is 13.3 Å².